The first-order valence-corrected chi connectivity index (χ1v) is 17.1. The smallest absolute Gasteiger partial charge is 0.243 e. The Kier molecular flexibility index (Phi) is 12.7. The molecule has 0 aromatic heterocycles. The number of hydrogen-bond acceptors (Lipinski definition) is 4. The van der Waals surface area contributed by atoms with Crippen LogP contribution in [0.25, 0.3) is 0 Å². The van der Waals surface area contributed by atoms with Crippen LogP contribution >= 0.6 is 39.1 Å². The normalized spacial score (nSPS) is 12.8. The Labute approximate surface area is 267 Å². The predicted molar refractivity (Wildman–Crippen MR) is 174 cm³/mol. The fourth-order valence-corrected chi connectivity index (χ4v) is 6.11. The molecule has 2 amide bonds. The zero-order valence-corrected chi connectivity index (χ0v) is 27.8. The first-order valence-electron chi connectivity index (χ1n) is 13.7. The van der Waals surface area contributed by atoms with Gasteiger partial charge < -0.3 is 10.2 Å². The van der Waals surface area contributed by atoms with E-state index in [9.17, 15) is 18.0 Å². The molecule has 226 valence electrons. The van der Waals surface area contributed by atoms with Gasteiger partial charge in [0, 0.05) is 41.5 Å². The summed E-state index contributed by atoms with van der Waals surface area (Å²) < 4.78 is 27.4. The molecule has 1 N–H and O–H groups in total. The van der Waals surface area contributed by atoms with Crippen LogP contribution in [0.2, 0.25) is 10.0 Å². The van der Waals surface area contributed by atoms with Crippen LogP contribution in [0.5, 0.6) is 0 Å². The van der Waals surface area contributed by atoms with Crippen molar-refractivity contribution in [2.75, 3.05) is 17.1 Å². The van der Waals surface area contributed by atoms with E-state index in [1.165, 1.54) is 12.1 Å². The Hall–Kier alpha value is -2.59. The number of amides is 2. The molecule has 0 radical (unpaired) electrons. The molecule has 0 aliphatic rings. The minimum atomic E-state index is -3.72. The summed E-state index contributed by atoms with van der Waals surface area (Å²) >= 11 is 15.9. The van der Waals surface area contributed by atoms with Gasteiger partial charge in [0.1, 0.15) is 6.04 Å². The van der Waals surface area contributed by atoms with E-state index in [-0.39, 0.29) is 54.5 Å². The van der Waals surface area contributed by atoms with Crippen LogP contribution in [0.15, 0.2) is 77.3 Å². The standard InChI is InChI=1S/C31H36BrCl2N3O4S/c1-4-22(2)35-31(39)29(19-23-9-6-5-7-10-23)36(21-24-12-14-25(32)15-13-24)30(38)11-8-18-37(42(3,40)41)28-20-26(33)16-17-27(28)34/h5-7,9-10,12-17,20,22,29H,4,8,11,18-19,21H2,1-3H3,(H,35,39)/t22-,29-/m0/s1. The van der Waals surface area contributed by atoms with Gasteiger partial charge in [-0.3, -0.25) is 13.9 Å². The summed E-state index contributed by atoms with van der Waals surface area (Å²) in [6, 6.07) is 20.9. The van der Waals surface area contributed by atoms with Crippen LogP contribution < -0.4 is 9.62 Å². The third-order valence-corrected chi connectivity index (χ3v) is 9.13. The first-order chi connectivity index (χ1) is 19.9. The highest BCUT2D eigenvalue weighted by Gasteiger charge is 2.31. The molecule has 42 heavy (non-hydrogen) atoms. The minimum absolute atomic E-state index is 0.0131. The van der Waals surface area contributed by atoms with Gasteiger partial charge in [0.2, 0.25) is 21.8 Å². The van der Waals surface area contributed by atoms with Crippen molar-refractivity contribution in [1.82, 2.24) is 10.2 Å². The maximum Gasteiger partial charge on any atom is 0.243 e. The second-order valence-corrected chi connectivity index (χ2v) is 13.9. The number of carbonyl (C=O) groups is 2. The van der Waals surface area contributed by atoms with E-state index in [1.54, 1.807) is 11.0 Å². The molecule has 3 aromatic rings. The van der Waals surface area contributed by atoms with Crippen molar-refractivity contribution in [3.63, 3.8) is 0 Å². The van der Waals surface area contributed by atoms with Crippen LogP contribution in [0.1, 0.15) is 44.2 Å². The molecule has 0 saturated heterocycles. The molecule has 11 heteroatoms. The minimum Gasteiger partial charge on any atom is -0.352 e. The van der Waals surface area contributed by atoms with Crippen LogP contribution in [0.3, 0.4) is 0 Å². The average Bonchev–Trinajstić information content (AvgIpc) is 2.95. The second-order valence-electron chi connectivity index (χ2n) is 10.2. The molecule has 0 fully saturated rings. The summed E-state index contributed by atoms with van der Waals surface area (Å²) in [6.07, 6.45) is 2.39. The fourth-order valence-electron chi connectivity index (χ4n) is 4.44. The fraction of sp³-hybridized carbons (Fsp3) is 0.355. The lowest BCUT2D eigenvalue weighted by Gasteiger charge is -2.33. The summed E-state index contributed by atoms with van der Waals surface area (Å²) in [6.45, 7) is 4.15. The largest absolute Gasteiger partial charge is 0.352 e. The van der Waals surface area contributed by atoms with Crippen molar-refractivity contribution in [3.05, 3.63) is 98.4 Å². The van der Waals surface area contributed by atoms with Crippen molar-refractivity contribution in [2.45, 2.75) is 58.2 Å². The van der Waals surface area contributed by atoms with Gasteiger partial charge in [-0.2, -0.15) is 0 Å². The Morgan fingerprint density at radius 3 is 2.26 bits per heavy atom. The summed E-state index contributed by atoms with van der Waals surface area (Å²) in [7, 11) is -3.72. The monoisotopic (exact) mass is 695 g/mol. The van der Waals surface area contributed by atoms with Crippen LogP contribution in [0, 0.1) is 0 Å². The number of halogens is 3. The van der Waals surface area contributed by atoms with E-state index in [0.717, 1.165) is 32.6 Å². The Morgan fingerprint density at radius 2 is 1.64 bits per heavy atom. The van der Waals surface area contributed by atoms with E-state index in [2.05, 4.69) is 21.2 Å². The van der Waals surface area contributed by atoms with Gasteiger partial charge in [0.15, 0.2) is 0 Å². The summed E-state index contributed by atoms with van der Waals surface area (Å²) in [5.41, 5.74) is 2.04. The molecule has 3 aromatic carbocycles. The number of nitrogens with zero attached hydrogens (tertiary/aromatic N) is 2. The van der Waals surface area contributed by atoms with E-state index in [4.69, 9.17) is 23.2 Å². The van der Waals surface area contributed by atoms with E-state index in [0.29, 0.717) is 11.4 Å². The van der Waals surface area contributed by atoms with Crippen LogP contribution in [0.4, 0.5) is 5.69 Å². The van der Waals surface area contributed by atoms with Gasteiger partial charge >= 0.3 is 0 Å². The van der Waals surface area contributed by atoms with E-state index < -0.39 is 16.1 Å². The summed E-state index contributed by atoms with van der Waals surface area (Å²) in [4.78, 5) is 29.2. The molecular formula is C31H36BrCl2N3O4S. The van der Waals surface area contributed by atoms with E-state index >= 15 is 0 Å². The number of nitrogens with one attached hydrogen (secondary N) is 1. The highest BCUT2D eigenvalue weighted by atomic mass is 79.9. The Bertz CT molecular complexity index is 1460. The lowest BCUT2D eigenvalue weighted by molar-refractivity contribution is -0.141. The molecule has 0 aliphatic heterocycles. The van der Waals surface area contributed by atoms with Crippen LogP contribution in [-0.4, -0.2) is 50.0 Å². The second kappa shape index (κ2) is 15.8. The number of sulfonamides is 1. The number of anilines is 1. The van der Waals surface area contributed by atoms with Crippen molar-refractivity contribution >= 4 is 66.7 Å². The number of rotatable bonds is 14. The molecular weight excluding hydrogens is 661 g/mol. The number of benzene rings is 3. The third kappa shape index (κ3) is 10.0. The molecule has 0 aliphatic carbocycles. The van der Waals surface area contributed by atoms with Gasteiger partial charge in [-0.1, -0.05) is 88.5 Å². The highest BCUT2D eigenvalue weighted by Crippen LogP contribution is 2.31. The van der Waals surface area contributed by atoms with Gasteiger partial charge in [-0.25, -0.2) is 8.42 Å². The molecule has 0 saturated carbocycles. The third-order valence-electron chi connectivity index (χ3n) is 6.87. The maximum atomic E-state index is 13.9. The summed E-state index contributed by atoms with van der Waals surface area (Å²) in [5, 5.41) is 3.63. The first kappa shape index (κ1) is 33.9. The molecule has 7 nitrogen and oxygen atoms in total. The van der Waals surface area contributed by atoms with Crippen molar-refractivity contribution in [2.24, 2.45) is 0 Å². The molecule has 0 heterocycles. The highest BCUT2D eigenvalue weighted by molar-refractivity contribution is 9.10. The van der Waals surface area contributed by atoms with Crippen LogP contribution in [-0.2, 0) is 32.6 Å². The number of hydrogen-bond donors (Lipinski definition) is 1. The summed E-state index contributed by atoms with van der Waals surface area (Å²) in [5.74, 6) is -0.495. The van der Waals surface area contributed by atoms with Gasteiger partial charge in [-0.05, 0) is 61.2 Å². The SMILES string of the molecule is CC[C@H](C)NC(=O)[C@H](Cc1ccccc1)N(Cc1ccc(Br)cc1)C(=O)CCCN(c1cc(Cl)ccc1Cl)S(C)(=O)=O. The van der Waals surface area contributed by atoms with Crippen molar-refractivity contribution in [3.8, 4) is 0 Å². The Balaban J connectivity index is 1.90. The molecule has 3 rings (SSSR count). The predicted octanol–water partition coefficient (Wildman–Crippen LogP) is 6.86. The lowest BCUT2D eigenvalue weighted by Crippen LogP contribution is -2.52. The topological polar surface area (TPSA) is 86.8 Å². The average molecular weight is 698 g/mol. The van der Waals surface area contributed by atoms with Crippen molar-refractivity contribution < 1.29 is 18.0 Å². The van der Waals surface area contributed by atoms with Gasteiger partial charge in [0.25, 0.3) is 0 Å². The quantitative estimate of drug-likeness (QED) is 0.200. The lowest BCUT2D eigenvalue weighted by atomic mass is 10.0. The van der Waals surface area contributed by atoms with Crippen molar-refractivity contribution in [1.29, 1.82) is 0 Å². The Morgan fingerprint density at radius 1 is 0.976 bits per heavy atom. The zero-order valence-electron chi connectivity index (χ0n) is 23.9. The van der Waals surface area contributed by atoms with Gasteiger partial charge in [0.05, 0.1) is 17.0 Å². The molecule has 0 bridgehead atoms. The molecule has 2 atom stereocenters. The number of carbonyl (C=O) groups excluding carboxylic acids is 2. The van der Waals surface area contributed by atoms with E-state index in [1.807, 2.05) is 68.4 Å². The zero-order chi connectivity index (χ0) is 30.9. The maximum absolute atomic E-state index is 13.9. The molecule has 0 spiro atoms. The molecule has 0 unspecified atom stereocenters. The van der Waals surface area contributed by atoms with Gasteiger partial charge in [-0.15, -0.1) is 0 Å².